The molecule has 0 bridgehead atoms. The van der Waals surface area contributed by atoms with Gasteiger partial charge < -0.3 is 19.3 Å². The lowest BCUT2D eigenvalue weighted by Gasteiger charge is -2.10. The van der Waals surface area contributed by atoms with Gasteiger partial charge in [0.1, 0.15) is 11.5 Å². The highest BCUT2D eigenvalue weighted by Gasteiger charge is 2.10. The van der Waals surface area contributed by atoms with Crippen LogP contribution in [0.5, 0.6) is 11.6 Å². The summed E-state index contributed by atoms with van der Waals surface area (Å²) in [7, 11) is 1.51. The quantitative estimate of drug-likeness (QED) is 0.918. The van der Waals surface area contributed by atoms with Gasteiger partial charge in [0, 0.05) is 11.1 Å². The molecule has 0 aliphatic rings. The van der Waals surface area contributed by atoms with Crippen molar-refractivity contribution in [1.29, 1.82) is 0 Å². The highest BCUT2D eigenvalue weighted by molar-refractivity contribution is 6.31. The zero-order valence-electron chi connectivity index (χ0n) is 11.0. The van der Waals surface area contributed by atoms with E-state index in [4.69, 9.17) is 25.6 Å². The first-order chi connectivity index (χ1) is 9.58. The van der Waals surface area contributed by atoms with Crippen molar-refractivity contribution < 1.29 is 18.8 Å². The predicted molar refractivity (Wildman–Crippen MR) is 73.4 cm³/mol. The van der Waals surface area contributed by atoms with Crippen LogP contribution in [0.1, 0.15) is 5.76 Å². The van der Waals surface area contributed by atoms with Gasteiger partial charge >= 0.3 is 0 Å². The van der Waals surface area contributed by atoms with Crippen molar-refractivity contribution in [3.63, 3.8) is 0 Å². The summed E-state index contributed by atoms with van der Waals surface area (Å²) in [4.78, 5) is 11.8. The number of nitrogens with one attached hydrogen (secondary N) is 1. The van der Waals surface area contributed by atoms with Gasteiger partial charge in [-0.25, -0.2) is 0 Å². The van der Waals surface area contributed by atoms with Crippen LogP contribution in [-0.2, 0) is 4.79 Å². The molecular formula is C13H13ClN2O4. The molecule has 7 heteroatoms. The summed E-state index contributed by atoms with van der Waals surface area (Å²) in [5.74, 6) is 1.03. The van der Waals surface area contributed by atoms with Gasteiger partial charge in [0.05, 0.1) is 12.8 Å². The van der Waals surface area contributed by atoms with Gasteiger partial charge in [-0.3, -0.25) is 4.79 Å². The van der Waals surface area contributed by atoms with Gasteiger partial charge in [-0.2, -0.15) is 0 Å². The first-order valence-electron chi connectivity index (χ1n) is 5.78. The summed E-state index contributed by atoms with van der Waals surface area (Å²) in [6.07, 6.45) is 0. The second-order valence-electron chi connectivity index (χ2n) is 3.96. The highest BCUT2D eigenvalue weighted by atomic mass is 35.5. The Kier molecular flexibility index (Phi) is 4.47. The topological polar surface area (TPSA) is 73.6 Å². The van der Waals surface area contributed by atoms with Crippen LogP contribution in [0.4, 0.5) is 5.69 Å². The third-order valence-corrected chi connectivity index (χ3v) is 2.63. The summed E-state index contributed by atoms with van der Waals surface area (Å²) in [5.41, 5.74) is 0.477. The van der Waals surface area contributed by atoms with Gasteiger partial charge in [0.2, 0.25) is 0 Å². The second kappa shape index (κ2) is 6.29. The summed E-state index contributed by atoms with van der Waals surface area (Å²) in [6, 6.07) is 6.52. The van der Waals surface area contributed by atoms with E-state index in [1.54, 1.807) is 31.2 Å². The van der Waals surface area contributed by atoms with E-state index < -0.39 is 0 Å². The number of anilines is 1. The molecule has 106 valence electrons. The molecule has 0 saturated heterocycles. The van der Waals surface area contributed by atoms with Crippen LogP contribution in [0, 0.1) is 6.92 Å². The molecule has 6 nitrogen and oxygen atoms in total. The fourth-order valence-corrected chi connectivity index (χ4v) is 1.69. The first-order valence-corrected chi connectivity index (χ1v) is 6.16. The molecule has 2 rings (SSSR count). The number of benzene rings is 1. The van der Waals surface area contributed by atoms with Crippen molar-refractivity contribution in [3.8, 4) is 11.6 Å². The number of methoxy groups -OCH3 is 1. The SMILES string of the molecule is COc1ccc(Cl)cc1NC(=O)COc1cc(C)on1. The van der Waals surface area contributed by atoms with Gasteiger partial charge in [0.15, 0.2) is 6.61 Å². The molecule has 0 fully saturated rings. The number of halogens is 1. The van der Waals surface area contributed by atoms with Gasteiger partial charge in [0.25, 0.3) is 11.8 Å². The number of ether oxygens (including phenoxy) is 2. The van der Waals surface area contributed by atoms with Crippen molar-refractivity contribution in [1.82, 2.24) is 5.16 Å². The van der Waals surface area contributed by atoms with Crippen molar-refractivity contribution in [2.45, 2.75) is 6.92 Å². The maximum Gasteiger partial charge on any atom is 0.262 e. The van der Waals surface area contributed by atoms with Crippen molar-refractivity contribution >= 4 is 23.2 Å². The van der Waals surface area contributed by atoms with E-state index in [-0.39, 0.29) is 18.4 Å². The van der Waals surface area contributed by atoms with Crippen LogP contribution in [0.25, 0.3) is 0 Å². The Morgan fingerprint density at radius 1 is 1.45 bits per heavy atom. The summed E-state index contributed by atoms with van der Waals surface area (Å²) < 4.78 is 15.1. The first kappa shape index (κ1) is 14.2. The molecule has 0 unspecified atom stereocenters. The van der Waals surface area contributed by atoms with Crippen LogP contribution < -0.4 is 14.8 Å². The Hall–Kier alpha value is -2.21. The van der Waals surface area contributed by atoms with E-state index in [2.05, 4.69) is 10.5 Å². The maximum absolute atomic E-state index is 11.8. The van der Waals surface area contributed by atoms with Crippen LogP contribution in [0.2, 0.25) is 5.02 Å². The highest BCUT2D eigenvalue weighted by Crippen LogP contribution is 2.27. The van der Waals surface area contributed by atoms with Crippen molar-refractivity contribution in [2.75, 3.05) is 19.0 Å². The van der Waals surface area contributed by atoms with E-state index in [9.17, 15) is 4.79 Å². The Labute approximate surface area is 120 Å². The summed E-state index contributed by atoms with van der Waals surface area (Å²) in [6.45, 7) is 1.54. The predicted octanol–water partition coefficient (Wildman–Crippen LogP) is 2.66. The lowest BCUT2D eigenvalue weighted by atomic mass is 10.3. The molecule has 0 saturated carbocycles. The van der Waals surface area contributed by atoms with E-state index in [1.165, 1.54) is 7.11 Å². The molecule has 1 aromatic carbocycles. The number of hydrogen-bond donors (Lipinski definition) is 1. The molecule has 0 spiro atoms. The fourth-order valence-electron chi connectivity index (χ4n) is 1.52. The van der Waals surface area contributed by atoms with Gasteiger partial charge in [-0.15, -0.1) is 0 Å². The third-order valence-electron chi connectivity index (χ3n) is 2.39. The van der Waals surface area contributed by atoms with E-state index in [0.717, 1.165) is 0 Å². The summed E-state index contributed by atoms with van der Waals surface area (Å²) in [5, 5.41) is 6.76. The molecule has 0 aliphatic carbocycles. The molecule has 2 aromatic rings. The molecule has 0 aliphatic heterocycles. The van der Waals surface area contributed by atoms with E-state index in [1.807, 2.05) is 0 Å². The Balaban J connectivity index is 1.96. The Morgan fingerprint density at radius 2 is 2.25 bits per heavy atom. The van der Waals surface area contributed by atoms with Gasteiger partial charge in [-0.05, 0) is 30.3 Å². The number of nitrogens with zero attached hydrogens (tertiary/aromatic N) is 1. The average Bonchev–Trinajstić information content (AvgIpc) is 2.83. The molecule has 0 atom stereocenters. The number of amides is 1. The Morgan fingerprint density at radius 3 is 2.90 bits per heavy atom. The van der Waals surface area contributed by atoms with Crippen molar-refractivity contribution in [2.24, 2.45) is 0 Å². The van der Waals surface area contributed by atoms with Crippen molar-refractivity contribution in [3.05, 3.63) is 35.0 Å². The zero-order valence-corrected chi connectivity index (χ0v) is 11.7. The molecule has 20 heavy (non-hydrogen) atoms. The zero-order chi connectivity index (χ0) is 14.5. The monoisotopic (exact) mass is 296 g/mol. The number of aryl methyl sites for hydroxylation is 1. The minimum Gasteiger partial charge on any atom is -0.495 e. The van der Waals surface area contributed by atoms with Crippen LogP contribution in [0.15, 0.2) is 28.8 Å². The largest absolute Gasteiger partial charge is 0.495 e. The molecular weight excluding hydrogens is 284 g/mol. The van der Waals surface area contributed by atoms with E-state index >= 15 is 0 Å². The van der Waals surface area contributed by atoms with Crippen LogP contribution in [-0.4, -0.2) is 24.8 Å². The molecule has 1 heterocycles. The van der Waals surface area contributed by atoms with E-state index in [0.29, 0.717) is 22.2 Å². The second-order valence-corrected chi connectivity index (χ2v) is 4.39. The third kappa shape index (κ3) is 3.64. The van der Waals surface area contributed by atoms with Crippen LogP contribution >= 0.6 is 11.6 Å². The Bertz CT molecular complexity index is 612. The fraction of sp³-hybridized carbons (Fsp3) is 0.231. The normalized spacial score (nSPS) is 10.2. The molecule has 1 N–H and O–H groups in total. The smallest absolute Gasteiger partial charge is 0.262 e. The maximum atomic E-state index is 11.8. The molecule has 1 aromatic heterocycles. The average molecular weight is 297 g/mol. The van der Waals surface area contributed by atoms with Gasteiger partial charge in [-0.1, -0.05) is 11.6 Å². The lowest BCUT2D eigenvalue weighted by Crippen LogP contribution is -2.20. The minimum atomic E-state index is -0.355. The summed E-state index contributed by atoms with van der Waals surface area (Å²) >= 11 is 5.87. The molecule has 1 amide bonds. The minimum absolute atomic E-state index is 0.193. The number of rotatable bonds is 5. The lowest BCUT2D eigenvalue weighted by molar-refractivity contribution is -0.118. The number of hydrogen-bond acceptors (Lipinski definition) is 5. The number of carbonyl (C=O) groups is 1. The molecule has 0 radical (unpaired) electrons. The number of carbonyl (C=O) groups excluding carboxylic acids is 1. The van der Waals surface area contributed by atoms with Crippen LogP contribution in [0.3, 0.4) is 0 Å². The number of aromatic nitrogens is 1. The standard InChI is InChI=1S/C13H13ClN2O4/c1-8-5-13(16-20-8)19-7-12(17)15-10-6-9(14)3-4-11(10)18-2/h3-6H,7H2,1-2H3,(H,15,17).